The molecule has 0 aliphatic heterocycles. The molecule has 0 spiro atoms. The highest BCUT2D eigenvalue weighted by molar-refractivity contribution is 5.95. The van der Waals surface area contributed by atoms with Crippen molar-refractivity contribution in [3.05, 3.63) is 23.6 Å². The maximum absolute atomic E-state index is 13.9. The largest absolute Gasteiger partial charge is 0.381 e. The van der Waals surface area contributed by atoms with Gasteiger partial charge in [-0.05, 0) is 31.2 Å². The lowest BCUT2D eigenvalue weighted by atomic mass is 10.1. The van der Waals surface area contributed by atoms with E-state index in [0.717, 1.165) is 19.3 Å². The Hall–Kier alpha value is -1.65. The minimum atomic E-state index is -0.706. The molecular formula is C14H20FN3O. The lowest BCUT2D eigenvalue weighted by molar-refractivity contribution is 0.0730. The van der Waals surface area contributed by atoms with Crippen molar-refractivity contribution in [1.82, 2.24) is 9.88 Å². The Morgan fingerprint density at radius 2 is 2.26 bits per heavy atom. The molecule has 4 nitrogen and oxygen atoms in total. The molecule has 2 N–H and O–H groups in total. The standard InChI is InChI=1S/C14H20FN3O/c1-9(2)6-8-18(10-3-4-10)14(19)11-5-7-17-13(16)12(11)15/h5,7,9-10H,3-4,6,8H2,1-2H3,(H2,16,17). The summed E-state index contributed by atoms with van der Waals surface area (Å²) in [6.07, 6.45) is 4.31. The molecule has 1 aliphatic carbocycles. The summed E-state index contributed by atoms with van der Waals surface area (Å²) < 4.78 is 13.9. The van der Waals surface area contributed by atoms with Gasteiger partial charge in [-0.2, -0.15) is 0 Å². The predicted octanol–water partition coefficient (Wildman–Crippen LogP) is 2.45. The third-order valence-electron chi connectivity index (χ3n) is 3.34. The van der Waals surface area contributed by atoms with Crippen molar-refractivity contribution in [2.45, 2.75) is 39.2 Å². The van der Waals surface area contributed by atoms with Crippen molar-refractivity contribution in [1.29, 1.82) is 0 Å². The molecule has 0 aromatic carbocycles. The fraction of sp³-hybridized carbons (Fsp3) is 0.571. The second-order valence-corrected chi connectivity index (χ2v) is 5.47. The number of hydrogen-bond acceptors (Lipinski definition) is 3. The first-order valence-electron chi connectivity index (χ1n) is 6.71. The predicted molar refractivity (Wildman–Crippen MR) is 72.1 cm³/mol. The van der Waals surface area contributed by atoms with Crippen molar-refractivity contribution in [2.75, 3.05) is 12.3 Å². The van der Waals surface area contributed by atoms with Crippen LogP contribution in [-0.4, -0.2) is 28.4 Å². The minimum Gasteiger partial charge on any atom is -0.381 e. The molecule has 1 aromatic heterocycles. The summed E-state index contributed by atoms with van der Waals surface area (Å²) in [5, 5.41) is 0. The van der Waals surface area contributed by atoms with Crippen molar-refractivity contribution in [3.63, 3.8) is 0 Å². The van der Waals surface area contributed by atoms with Crippen molar-refractivity contribution >= 4 is 11.7 Å². The van der Waals surface area contributed by atoms with Gasteiger partial charge >= 0.3 is 0 Å². The molecule has 1 amide bonds. The lowest BCUT2D eigenvalue weighted by Gasteiger charge is -2.23. The highest BCUT2D eigenvalue weighted by atomic mass is 19.1. The average molecular weight is 265 g/mol. The van der Waals surface area contributed by atoms with Gasteiger partial charge in [0.15, 0.2) is 11.6 Å². The van der Waals surface area contributed by atoms with Gasteiger partial charge in [0.1, 0.15) is 0 Å². The average Bonchev–Trinajstić information content (AvgIpc) is 3.17. The first kappa shape index (κ1) is 13.8. The Kier molecular flexibility index (Phi) is 4.02. The van der Waals surface area contributed by atoms with Crippen LogP contribution in [0.1, 0.15) is 43.5 Å². The first-order valence-corrected chi connectivity index (χ1v) is 6.71. The highest BCUT2D eigenvalue weighted by Gasteiger charge is 2.34. The molecule has 0 atom stereocenters. The van der Waals surface area contributed by atoms with Gasteiger partial charge in [-0.1, -0.05) is 13.8 Å². The highest BCUT2D eigenvalue weighted by Crippen LogP contribution is 2.29. The monoisotopic (exact) mass is 265 g/mol. The van der Waals surface area contributed by atoms with Crippen LogP contribution in [0.2, 0.25) is 0 Å². The summed E-state index contributed by atoms with van der Waals surface area (Å²) in [5.74, 6) is -0.677. The van der Waals surface area contributed by atoms with Gasteiger partial charge in [0.05, 0.1) is 5.56 Å². The van der Waals surface area contributed by atoms with Crippen LogP contribution in [0, 0.1) is 11.7 Å². The number of nitrogens with zero attached hydrogens (tertiary/aromatic N) is 2. The normalized spacial score (nSPS) is 14.7. The molecule has 19 heavy (non-hydrogen) atoms. The van der Waals surface area contributed by atoms with Gasteiger partial charge in [0.2, 0.25) is 0 Å². The van der Waals surface area contributed by atoms with Gasteiger partial charge in [0, 0.05) is 18.8 Å². The molecule has 1 saturated carbocycles. The Morgan fingerprint density at radius 1 is 1.58 bits per heavy atom. The zero-order valence-corrected chi connectivity index (χ0v) is 11.4. The number of hydrogen-bond donors (Lipinski definition) is 1. The van der Waals surface area contributed by atoms with Crippen LogP contribution in [0.15, 0.2) is 12.3 Å². The molecule has 1 fully saturated rings. The van der Waals surface area contributed by atoms with E-state index in [1.165, 1.54) is 12.3 Å². The van der Waals surface area contributed by atoms with Crippen LogP contribution < -0.4 is 5.73 Å². The van der Waals surface area contributed by atoms with E-state index in [9.17, 15) is 9.18 Å². The smallest absolute Gasteiger partial charge is 0.257 e. The van der Waals surface area contributed by atoms with Gasteiger partial charge in [-0.25, -0.2) is 9.37 Å². The summed E-state index contributed by atoms with van der Waals surface area (Å²) in [4.78, 5) is 17.8. The Bertz CT molecular complexity index is 472. The number of halogens is 1. The summed E-state index contributed by atoms with van der Waals surface area (Å²) in [6, 6.07) is 1.67. The fourth-order valence-corrected chi connectivity index (χ4v) is 2.01. The minimum absolute atomic E-state index is 0.0307. The van der Waals surface area contributed by atoms with Crippen LogP contribution >= 0.6 is 0 Å². The number of rotatable bonds is 5. The van der Waals surface area contributed by atoms with Crippen molar-refractivity contribution in [2.24, 2.45) is 5.92 Å². The van der Waals surface area contributed by atoms with Crippen LogP contribution in [-0.2, 0) is 0 Å². The van der Waals surface area contributed by atoms with E-state index in [1.807, 2.05) is 0 Å². The topological polar surface area (TPSA) is 59.2 Å². The first-order chi connectivity index (χ1) is 9.00. The number of pyridine rings is 1. The number of nitrogen functional groups attached to an aromatic ring is 1. The molecule has 1 heterocycles. The summed E-state index contributed by atoms with van der Waals surface area (Å²) in [6.45, 7) is 4.89. The number of carbonyl (C=O) groups is 1. The zero-order chi connectivity index (χ0) is 14.0. The third kappa shape index (κ3) is 3.22. The molecule has 1 aromatic rings. The van der Waals surface area contributed by atoms with Crippen LogP contribution in [0.3, 0.4) is 0 Å². The van der Waals surface area contributed by atoms with E-state index in [0.29, 0.717) is 12.5 Å². The summed E-state index contributed by atoms with van der Waals surface area (Å²) in [5.41, 5.74) is 5.45. The second-order valence-electron chi connectivity index (χ2n) is 5.47. The maximum atomic E-state index is 13.9. The molecule has 104 valence electrons. The quantitative estimate of drug-likeness (QED) is 0.889. The molecule has 0 radical (unpaired) electrons. The van der Waals surface area contributed by atoms with Crippen molar-refractivity contribution in [3.8, 4) is 0 Å². The number of aromatic nitrogens is 1. The van der Waals surface area contributed by atoms with Gasteiger partial charge in [-0.3, -0.25) is 4.79 Å². The van der Waals surface area contributed by atoms with Gasteiger partial charge < -0.3 is 10.6 Å². The maximum Gasteiger partial charge on any atom is 0.257 e. The molecule has 2 rings (SSSR count). The Labute approximate surface area is 112 Å². The van der Waals surface area contributed by atoms with Crippen LogP contribution in [0.5, 0.6) is 0 Å². The zero-order valence-electron chi connectivity index (χ0n) is 11.4. The SMILES string of the molecule is CC(C)CCN(C(=O)c1ccnc(N)c1F)C1CC1. The lowest BCUT2D eigenvalue weighted by Crippen LogP contribution is -2.35. The number of amides is 1. The van der Waals surface area contributed by atoms with E-state index >= 15 is 0 Å². The molecule has 0 bridgehead atoms. The Morgan fingerprint density at radius 3 is 2.84 bits per heavy atom. The van der Waals surface area contributed by atoms with Crippen LogP contribution in [0.4, 0.5) is 10.2 Å². The van der Waals surface area contributed by atoms with Gasteiger partial charge in [0.25, 0.3) is 5.91 Å². The number of nitrogens with two attached hydrogens (primary N) is 1. The number of carbonyl (C=O) groups excluding carboxylic acids is 1. The van der Waals surface area contributed by atoms with E-state index in [2.05, 4.69) is 18.8 Å². The fourth-order valence-electron chi connectivity index (χ4n) is 2.01. The van der Waals surface area contributed by atoms with Gasteiger partial charge in [-0.15, -0.1) is 0 Å². The van der Waals surface area contributed by atoms with E-state index in [1.54, 1.807) is 4.90 Å². The van der Waals surface area contributed by atoms with E-state index in [-0.39, 0.29) is 23.3 Å². The number of anilines is 1. The summed E-state index contributed by atoms with van der Waals surface area (Å²) in [7, 11) is 0. The van der Waals surface area contributed by atoms with E-state index in [4.69, 9.17) is 5.73 Å². The van der Waals surface area contributed by atoms with Crippen molar-refractivity contribution < 1.29 is 9.18 Å². The Balaban J connectivity index is 2.17. The summed E-state index contributed by atoms with van der Waals surface area (Å²) >= 11 is 0. The molecular weight excluding hydrogens is 245 g/mol. The van der Waals surface area contributed by atoms with Crippen LogP contribution in [0.25, 0.3) is 0 Å². The second kappa shape index (κ2) is 5.55. The molecule has 0 unspecified atom stereocenters. The molecule has 5 heteroatoms. The third-order valence-corrected chi connectivity index (χ3v) is 3.34. The molecule has 0 saturated heterocycles. The van der Waals surface area contributed by atoms with E-state index < -0.39 is 5.82 Å². The molecule has 1 aliphatic rings.